The molecule has 1 saturated heterocycles. The maximum Gasteiger partial charge on any atom is 0.408 e. The standard InChI is InChI=1S/C35H49N3O10/c1-19(2)16-23(37-32(43)48-33(4,5)6)30(41)36-14-11-26(40)45-20(3)31(42)46-24-10-12-35(44)25-17-21-8-9-22(18-39)28-27(21)34(35,29(24)47-28)13-15-38(25)7/h8-10,19-20,23,25,29,39,44H,11-18H2,1-7H3,(H,36,41)(H,37,43)/t20-,23-,25+,29-,34-,35+/m0/s1. The van der Waals surface area contributed by atoms with E-state index in [0.717, 1.165) is 11.1 Å². The van der Waals surface area contributed by atoms with Gasteiger partial charge in [0.05, 0.1) is 24.0 Å². The van der Waals surface area contributed by atoms with Crippen LogP contribution >= 0.6 is 0 Å². The molecule has 264 valence electrons. The number of aliphatic hydroxyl groups excluding tert-OH is 1. The molecule has 2 bridgehead atoms. The highest BCUT2D eigenvalue weighted by atomic mass is 16.6. The molecule has 4 N–H and O–H groups in total. The van der Waals surface area contributed by atoms with Gasteiger partial charge in [-0.05, 0) is 78.1 Å². The van der Waals surface area contributed by atoms with Crippen LogP contribution in [0.5, 0.6) is 5.75 Å². The third-order valence-corrected chi connectivity index (χ3v) is 9.83. The Balaban J connectivity index is 1.20. The van der Waals surface area contributed by atoms with Gasteiger partial charge in [-0.2, -0.15) is 0 Å². The van der Waals surface area contributed by atoms with Gasteiger partial charge in [0.25, 0.3) is 0 Å². The minimum Gasteiger partial charge on any atom is -0.481 e. The molecule has 2 heterocycles. The molecule has 48 heavy (non-hydrogen) atoms. The van der Waals surface area contributed by atoms with Crippen LogP contribution in [0.3, 0.4) is 0 Å². The second kappa shape index (κ2) is 13.3. The van der Waals surface area contributed by atoms with Crippen LogP contribution in [-0.2, 0) is 47.0 Å². The Morgan fingerprint density at radius 1 is 1.17 bits per heavy atom. The van der Waals surface area contributed by atoms with E-state index in [-0.39, 0.29) is 43.7 Å². The van der Waals surface area contributed by atoms with E-state index < -0.39 is 58.8 Å². The zero-order valence-electron chi connectivity index (χ0n) is 28.9. The molecule has 0 radical (unpaired) electrons. The molecule has 1 spiro atoms. The number of carbonyl (C=O) groups excluding carboxylic acids is 4. The third kappa shape index (κ3) is 6.51. The first-order valence-electron chi connectivity index (χ1n) is 16.7. The molecule has 0 aromatic heterocycles. The van der Waals surface area contributed by atoms with Crippen LogP contribution in [0.1, 0.15) is 83.9 Å². The fourth-order valence-electron chi connectivity index (χ4n) is 7.70. The summed E-state index contributed by atoms with van der Waals surface area (Å²) >= 11 is 0. The van der Waals surface area contributed by atoms with Crippen molar-refractivity contribution in [2.75, 3.05) is 20.1 Å². The van der Waals surface area contributed by atoms with E-state index in [4.69, 9.17) is 18.9 Å². The van der Waals surface area contributed by atoms with Crippen LogP contribution in [0.25, 0.3) is 0 Å². The van der Waals surface area contributed by atoms with E-state index in [1.165, 1.54) is 6.92 Å². The molecule has 13 nitrogen and oxygen atoms in total. The summed E-state index contributed by atoms with van der Waals surface area (Å²) in [6, 6.07) is 2.80. The lowest BCUT2D eigenvalue weighted by molar-refractivity contribution is -0.175. The van der Waals surface area contributed by atoms with Gasteiger partial charge in [0.1, 0.15) is 23.2 Å². The summed E-state index contributed by atoms with van der Waals surface area (Å²) in [5.74, 6) is -1.13. The van der Waals surface area contributed by atoms with Gasteiger partial charge in [0.2, 0.25) is 5.91 Å². The summed E-state index contributed by atoms with van der Waals surface area (Å²) in [5.41, 5.74) is -0.239. The Hall–Kier alpha value is -3.68. The molecule has 1 aromatic rings. The highest BCUT2D eigenvalue weighted by molar-refractivity contribution is 5.86. The molecule has 0 saturated carbocycles. The Labute approximate surface area is 281 Å². The summed E-state index contributed by atoms with van der Waals surface area (Å²) in [5, 5.41) is 27.6. The van der Waals surface area contributed by atoms with Gasteiger partial charge < -0.3 is 44.7 Å². The van der Waals surface area contributed by atoms with Gasteiger partial charge in [-0.25, -0.2) is 9.59 Å². The van der Waals surface area contributed by atoms with Crippen molar-refractivity contribution in [3.63, 3.8) is 0 Å². The number of nitrogens with zero attached hydrogens (tertiary/aromatic N) is 1. The van der Waals surface area contributed by atoms with E-state index in [2.05, 4.69) is 15.5 Å². The molecule has 0 unspecified atom stereocenters. The number of piperidine rings is 1. The van der Waals surface area contributed by atoms with Crippen molar-refractivity contribution in [1.29, 1.82) is 0 Å². The third-order valence-electron chi connectivity index (χ3n) is 9.83. The minimum atomic E-state index is -1.26. The summed E-state index contributed by atoms with van der Waals surface area (Å²) in [7, 11) is 2.00. The molecular weight excluding hydrogens is 622 g/mol. The monoisotopic (exact) mass is 671 g/mol. The number of likely N-dealkylation sites (tertiary alicyclic amines) is 1. The number of carbonyl (C=O) groups is 4. The van der Waals surface area contributed by atoms with Gasteiger partial charge >= 0.3 is 18.0 Å². The number of amides is 2. The fraction of sp³-hybridized carbons (Fsp3) is 0.657. The van der Waals surface area contributed by atoms with Crippen LogP contribution in [0.4, 0.5) is 4.79 Å². The SMILES string of the molecule is CC(C)C[C@H](NC(=O)OC(C)(C)C)C(=O)NCCC(=O)O[C@@H](C)C(=O)OC1=CC[C@@]2(O)[C@H]3Cc4ccc(CO)c5c4[C@@]2(CCN3C)[C@H]1O5. The summed E-state index contributed by atoms with van der Waals surface area (Å²) < 4.78 is 22.9. The molecule has 13 heteroatoms. The number of alkyl carbamates (subject to hydrolysis) is 1. The minimum absolute atomic E-state index is 0.0738. The van der Waals surface area contributed by atoms with Crippen molar-refractivity contribution in [1.82, 2.24) is 15.5 Å². The topological polar surface area (TPSA) is 173 Å². The normalized spacial score (nSPS) is 26.8. The van der Waals surface area contributed by atoms with Crippen molar-refractivity contribution in [2.24, 2.45) is 5.92 Å². The highest BCUT2D eigenvalue weighted by Crippen LogP contribution is 2.64. The van der Waals surface area contributed by atoms with E-state index in [0.29, 0.717) is 37.1 Å². The van der Waals surface area contributed by atoms with Gasteiger partial charge in [0.15, 0.2) is 12.2 Å². The lowest BCUT2D eigenvalue weighted by Gasteiger charge is -2.61. The molecule has 2 amide bonds. The molecule has 2 aliphatic heterocycles. The number of rotatable bonds is 11. The first kappa shape index (κ1) is 35.6. The second-order valence-corrected chi connectivity index (χ2v) is 14.8. The maximum absolute atomic E-state index is 13.2. The zero-order chi connectivity index (χ0) is 35.2. The van der Waals surface area contributed by atoms with Gasteiger partial charge in [-0.1, -0.05) is 26.0 Å². The Morgan fingerprint density at radius 3 is 2.56 bits per heavy atom. The van der Waals surface area contributed by atoms with Crippen molar-refractivity contribution in [2.45, 2.75) is 121 Å². The predicted molar refractivity (Wildman–Crippen MR) is 173 cm³/mol. The van der Waals surface area contributed by atoms with Gasteiger partial charge in [0, 0.05) is 30.1 Å². The smallest absolute Gasteiger partial charge is 0.408 e. The first-order chi connectivity index (χ1) is 22.5. The Morgan fingerprint density at radius 2 is 1.90 bits per heavy atom. The van der Waals surface area contributed by atoms with Crippen molar-refractivity contribution in [3.8, 4) is 5.75 Å². The zero-order valence-corrected chi connectivity index (χ0v) is 28.9. The number of esters is 2. The quantitative estimate of drug-likeness (QED) is 0.201. The van der Waals surface area contributed by atoms with E-state index in [1.807, 2.05) is 33.0 Å². The van der Waals surface area contributed by atoms with Crippen LogP contribution < -0.4 is 15.4 Å². The number of hydrogen-bond acceptors (Lipinski definition) is 11. The first-order valence-corrected chi connectivity index (χ1v) is 16.7. The number of ether oxygens (including phenoxy) is 4. The Bertz CT molecular complexity index is 1490. The number of aliphatic hydroxyl groups is 2. The second-order valence-electron chi connectivity index (χ2n) is 14.8. The molecule has 4 aliphatic rings. The fourth-order valence-corrected chi connectivity index (χ4v) is 7.70. The molecule has 6 atom stereocenters. The van der Waals surface area contributed by atoms with Crippen LogP contribution in [0.2, 0.25) is 0 Å². The van der Waals surface area contributed by atoms with Crippen LogP contribution in [-0.4, -0.2) is 94.7 Å². The largest absolute Gasteiger partial charge is 0.481 e. The highest BCUT2D eigenvalue weighted by Gasteiger charge is 2.72. The molecular formula is C35H49N3O10. The molecule has 2 aliphatic carbocycles. The maximum atomic E-state index is 13.2. The number of nitrogens with one attached hydrogen (secondary N) is 2. The molecule has 1 aromatic carbocycles. The summed E-state index contributed by atoms with van der Waals surface area (Å²) in [4.78, 5) is 53.1. The number of likely N-dealkylation sites (N-methyl/N-ethyl adjacent to an activating group) is 1. The van der Waals surface area contributed by atoms with E-state index in [1.54, 1.807) is 26.8 Å². The predicted octanol–water partition coefficient (Wildman–Crippen LogP) is 2.38. The van der Waals surface area contributed by atoms with Crippen molar-refractivity contribution in [3.05, 3.63) is 40.7 Å². The molecule has 5 rings (SSSR count). The van der Waals surface area contributed by atoms with E-state index in [9.17, 15) is 29.4 Å². The van der Waals surface area contributed by atoms with Gasteiger partial charge in [-0.15, -0.1) is 0 Å². The van der Waals surface area contributed by atoms with Crippen LogP contribution in [0.15, 0.2) is 24.0 Å². The van der Waals surface area contributed by atoms with Crippen LogP contribution in [0, 0.1) is 5.92 Å². The van der Waals surface area contributed by atoms with Crippen molar-refractivity contribution >= 4 is 23.9 Å². The number of hydrogen-bond donors (Lipinski definition) is 4. The number of benzene rings is 1. The van der Waals surface area contributed by atoms with E-state index >= 15 is 0 Å². The summed E-state index contributed by atoms with van der Waals surface area (Å²) in [6.07, 6.45) is 0.484. The molecule has 1 fully saturated rings. The lowest BCUT2D eigenvalue weighted by Crippen LogP contribution is -2.74. The van der Waals surface area contributed by atoms with Gasteiger partial charge in [-0.3, -0.25) is 9.59 Å². The van der Waals surface area contributed by atoms with Crippen molar-refractivity contribution < 1.29 is 48.3 Å². The average Bonchev–Trinajstić information content (AvgIpc) is 3.34. The Kier molecular flexibility index (Phi) is 9.89. The summed E-state index contributed by atoms with van der Waals surface area (Å²) in [6.45, 7) is 10.8. The lowest BCUT2D eigenvalue weighted by atomic mass is 9.50. The average molecular weight is 672 g/mol.